The van der Waals surface area contributed by atoms with Crippen LogP contribution < -0.4 is 4.74 Å². The van der Waals surface area contributed by atoms with Crippen LogP contribution in [0.2, 0.25) is 0 Å². The number of fused-ring (bicyclic) bond motifs is 8. The van der Waals surface area contributed by atoms with Gasteiger partial charge < -0.3 is 4.74 Å². The van der Waals surface area contributed by atoms with E-state index in [1.165, 1.54) is 52.6 Å². The summed E-state index contributed by atoms with van der Waals surface area (Å²) in [6.45, 7) is 0. The summed E-state index contributed by atoms with van der Waals surface area (Å²) in [4.78, 5) is 12.4. The van der Waals surface area contributed by atoms with Crippen molar-refractivity contribution in [2.45, 2.75) is 25.7 Å². The van der Waals surface area contributed by atoms with Crippen molar-refractivity contribution < 1.29 is 9.53 Å². The maximum Gasteiger partial charge on any atom is 0.343 e. The third-order valence-corrected chi connectivity index (χ3v) is 8.43. The molecule has 0 amide bonds. The molecule has 0 saturated heterocycles. The lowest BCUT2D eigenvalue weighted by molar-refractivity contribution is 0.0735. The van der Waals surface area contributed by atoms with E-state index in [9.17, 15) is 4.79 Å². The molecule has 0 fully saturated rings. The zero-order chi connectivity index (χ0) is 29.2. The third-order valence-electron chi connectivity index (χ3n) is 8.43. The molecule has 3 nitrogen and oxygen atoms in total. The van der Waals surface area contributed by atoms with Crippen LogP contribution in [0.3, 0.4) is 0 Å². The molecule has 0 radical (unpaired) electrons. The first kappa shape index (κ1) is 26.4. The van der Waals surface area contributed by atoms with E-state index in [0.717, 1.165) is 16.2 Å². The minimum Gasteiger partial charge on any atom is -0.423 e. The van der Waals surface area contributed by atoms with Crippen molar-refractivity contribution in [3.8, 4) is 11.8 Å². The van der Waals surface area contributed by atoms with Crippen LogP contribution >= 0.6 is 0 Å². The SMILES string of the molecule is N#Cc1ccc(OC(=O)c2ccc3c(ccc4ccccc43)c2)cc1.c1ccc2c(c1)ccc1c3c(ccc12)CCCC3. The van der Waals surface area contributed by atoms with E-state index < -0.39 is 5.97 Å². The first-order valence-corrected chi connectivity index (χ1v) is 14.7. The fourth-order valence-electron chi connectivity index (χ4n) is 6.25. The fourth-order valence-corrected chi connectivity index (χ4v) is 6.25. The number of ether oxygens (including phenoxy) is 1. The molecule has 206 valence electrons. The van der Waals surface area contributed by atoms with Gasteiger partial charge in [-0.05, 0) is 116 Å². The Kier molecular flexibility index (Phi) is 7.03. The van der Waals surface area contributed by atoms with Crippen LogP contribution in [0, 0.1) is 11.3 Å². The summed E-state index contributed by atoms with van der Waals surface area (Å²) < 4.78 is 5.39. The van der Waals surface area contributed by atoms with Crippen LogP contribution in [0.4, 0.5) is 0 Å². The van der Waals surface area contributed by atoms with Gasteiger partial charge in [0.1, 0.15) is 5.75 Å². The van der Waals surface area contributed by atoms with Gasteiger partial charge in [0.2, 0.25) is 0 Å². The molecular weight excluding hydrogens is 526 g/mol. The first-order chi connectivity index (χ1) is 21.2. The standard InChI is InChI=1S/C22H13NO2.C18H16/c23-14-15-5-10-19(11-6-15)25-22(24)18-9-12-21-17(13-18)8-7-16-3-1-2-4-20(16)21;1-3-7-15-13(5-1)9-11-18-16-8-4-2-6-14(16)10-12-17(15)18/h1-13H;1,3,5,7,9-12H,2,4,6,8H2. The number of nitriles is 1. The normalized spacial score (nSPS) is 12.3. The molecule has 8 rings (SSSR count). The molecule has 7 aromatic carbocycles. The summed E-state index contributed by atoms with van der Waals surface area (Å²) in [6, 6.07) is 44.3. The predicted molar refractivity (Wildman–Crippen MR) is 176 cm³/mol. The van der Waals surface area contributed by atoms with Crippen molar-refractivity contribution in [2.24, 2.45) is 0 Å². The van der Waals surface area contributed by atoms with Gasteiger partial charge in [-0.2, -0.15) is 5.26 Å². The molecule has 43 heavy (non-hydrogen) atoms. The van der Waals surface area contributed by atoms with Gasteiger partial charge in [-0.3, -0.25) is 0 Å². The summed E-state index contributed by atoms with van der Waals surface area (Å²) in [6.07, 6.45) is 5.22. The minimum atomic E-state index is -0.417. The molecule has 7 aromatic rings. The molecule has 3 heteroatoms. The van der Waals surface area contributed by atoms with Gasteiger partial charge in [0.25, 0.3) is 0 Å². The molecule has 0 unspecified atom stereocenters. The Morgan fingerprint density at radius 1 is 0.581 bits per heavy atom. The van der Waals surface area contributed by atoms with Gasteiger partial charge in [0.05, 0.1) is 17.2 Å². The van der Waals surface area contributed by atoms with Crippen LogP contribution in [0.15, 0.2) is 127 Å². The largest absolute Gasteiger partial charge is 0.423 e. The molecule has 0 aliphatic heterocycles. The quantitative estimate of drug-likeness (QED) is 0.121. The number of benzene rings is 7. The Labute approximate surface area is 250 Å². The van der Waals surface area contributed by atoms with E-state index in [-0.39, 0.29) is 0 Å². The monoisotopic (exact) mass is 555 g/mol. The number of carbonyl (C=O) groups excluding carboxylic acids is 1. The topological polar surface area (TPSA) is 50.1 Å². The Morgan fingerprint density at radius 3 is 1.95 bits per heavy atom. The van der Waals surface area contributed by atoms with Crippen molar-refractivity contribution in [1.29, 1.82) is 5.26 Å². The molecule has 0 saturated carbocycles. The molecule has 0 N–H and O–H groups in total. The number of rotatable bonds is 2. The van der Waals surface area contributed by atoms with Gasteiger partial charge in [0.15, 0.2) is 0 Å². The van der Waals surface area contributed by atoms with Gasteiger partial charge in [-0.25, -0.2) is 4.79 Å². The minimum absolute atomic E-state index is 0.417. The Morgan fingerprint density at radius 2 is 1.19 bits per heavy atom. The van der Waals surface area contributed by atoms with E-state index in [4.69, 9.17) is 10.00 Å². The van der Waals surface area contributed by atoms with Crippen LogP contribution in [0.1, 0.15) is 39.9 Å². The number of aryl methyl sites for hydroxylation is 2. The fraction of sp³-hybridized carbons (Fsp3) is 0.100. The summed E-state index contributed by atoms with van der Waals surface area (Å²) in [5, 5.41) is 18.9. The van der Waals surface area contributed by atoms with Gasteiger partial charge in [-0.1, -0.05) is 91.0 Å². The summed E-state index contributed by atoms with van der Waals surface area (Å²) in [5.41, 5.74) is 4.19. The van der Waals surface area contributed by atoms with Crippen LogP contribution in [0.25, 0.3) is 43.1 Å². The van der Waals surface area contributed by atoms with Crippen LogP contribution in [-0.2, 0) is 12.8 Å². The molecule has 0 spiro atoms. The van der Waals surface area contributed by atoms with E-state index in [1.807, 2.05) is 42.5 Å². The lowest BCUT2D eigenvalue weighted by atomic mass is 9.86. The number of esters is 1. The van der Waals surface area contributed by atoms with Gasteiger partial charge in [0, 0.05) is 0 Å². The molecule has 1 aliphatic carbocycles. The van der Waals surface area contributed by atoms with Gasteiger partial charge in [-0.15, -0.1) is 0 Å². The average Bonchev–Trinajstić information content (AvgIpc) is 3.08. The van der Waals surface area contributed by atoms with Crippen molar-refractivity contribution in [3.05, 3.63) is 150 Å². The smallest absolute Gasteiger partial charge is 0.343 e. The average molecular weight is 556 g/mol. The van der Waals surface area contributed by atoms with Crippen LogP contribution in [0.5, 0.6) is 5.75 Å². The maximum atomic E-state index is 12.4. The zero-order valence-electron chi connectivity index (χ0n) is 23.7. The molecule has 0 bridgehead atoms. The van der Waals surface area contributed by atoms with Crippen molar-refractivity contribution >= 4 is 49.1 Å². The predicted octanol–water partition coefficient (Wildman–Crippen LogP) is 9.96. The molecule has 1 aliphatic rings. The van der Waals surface area contributed by atoms with E-state index in [1.54, 1.807) is 41.5 Å². The Hall–Kier alpha value is -5.46. The van der Waals surface area contributed by atoms with E-state index in [0.29, 0.717) is 16.9 Å². The number of hydrogen-bond acceptors (Lipinski definition) is 3. The lowest BCUT2D eigenvalue weighted by Gasteiger charge is -2.18. The second-order valence-corrected chi connectivity index (χ2v) is 11.0. The molecule has 0 atom stereocenters. The molecule has 0 heterocycles. The van der Waals surface area contributed by atoms with Crippen molar-refractivity contribution in [3.63, 3.8) is 0 Å². The van der Waals surface area contributed by atoms with Crippen molar-refractivity contribution in [2.75, 3.05) is 0 Å². The zero-order valence-corrected chi connectivity index (χ0v) is 23.7. The summed E-state index contributed by atoms with van der Waals surface area (Å²) >= 11 is 0. The maximum absolute atomic E-state index is 12.4. The number of carbonyl (C=O) groups is 1. The van der Waals surface area contributed by atoms with E-state index >= 15 is 0 Å². The lowest BCUT2D eigenvalue weighted by Crippen LogP contribution is -2.08. The highest BCUT2D eigenvalue weighted by Gasteiger charge is 2.13. The Balaban J connectivity index is 0.000000147. The highest BCUT2D eigenvalue weighted by Crippen LogP contribution is 2.33. The van der Waals surface area contributed by atoms with Gasteiger partial charge >= 0.3 is 5.97 Å². The van der Waals surface area contributed by atoms with Crippen LogP contribution in [-0.4, -0.2) is 5.97 Å². The third kappa shape index (κ3) is 5.20. The number of nitrogens with zero attached hydrogens (tertiary/aromatic N) is 1. The highest BCUT2D eigenvalue weighted by molar-refractivity contribution is 6.10. The number of hydrogen-bond donors (Lipinski definition) is 0. The first-order valence-electron chi connectivity index (χ1n) is 14.7. The van der Waals surface area contributed by atoms with E-state index in [2.05, 4.69) is 60.7 Å². The summed E-state index contributed by atoms with van der Waals surface area (Å²) in [5.74, 6) is 0.00220. The second-order valence-electron chi connectivity index (χ2n) is 11.0. The van der Waals surface area contributed by atoms with Crippen molar-refractivity contribution in [1.82, 2.24) is 0 Å². The summed E-state index contributed by atoms with van der Waals surface area (Å²) in [7, 11) is 0. The second kappa shape index (κ2) is 11.4. The highest BCUT2D eigenvalue weighted by atomic mass is 16.5. The Bertz CT molecular complexity index is 2190. The molecule has 0 aromatic heterocycles. The molecular formula is C40H29NO2.